The zero-order valence-corrected chi connectivity index (χ0v) is 14.1. The Morgan fingerprint density at radius 2 is 1.96 bits per heavy atom. The molecule has 0 aliphatic carbocycles. The summed E-state index contributed by atoms with van der Waals surface area (Å²) in [5.41, 5.74) is 0. The van der Waals surface area contributed by atoms with E-state index in [0.717, 1.165) is 24.8 Å². The van der Waals surface area contributed by atoms with Crippen LogP contribution in [0.3, 0.4) is 0 Å². The van der Waals surface area contributed by atoms with Gasteiger partial charge in [0.05, 0.1) is 13.4 Å². The molecule has 0 radical (unpaired) electrons. The maximum Gasteiger partial charge on any atom is 0.260 e. The van der Waals surface area contributed by atoms with E-state index in [0.29, 0.717) is 18.8 Å². The first kappa shape index (κ1) is 17.6. The number of amides is 1. The Kier molecular flexibility index (Phi) is 5.84. The number of ether oxygens (including phenoxy) is 2. The smallest absolute Gasteiger partial charge is 0.260 e. The molecule has 1 N–H and O–H groups in total. The quantitative estimate of drug-likeness (QED) is 0.819. The van der Waals surface area contributed by atoms with Gasteiger partial charge in [-0.15, -0.1) is 0 Å². The van der Waals surface area contributed by atoms with Crippen LogP contribution < -0.4 is 14.2 Å². The number of nitrogens with zero attached hydrogens (tertiary/aromatic N) is 1. The Labute approximate surface area is 136 Å². The average molecular weight is 342 g/mol. The van der Waals surface area contributed by atoms with Gasteiger partial charge in [0, 0.05) is 19.1 Å². The SMILES string of the molecule is COc1ccc(OCC(=O)N2CCC[C@H](NS(C)(=O)=O)C2)cc1. The minimum atomic E-state index is -3.27. The van der Waals surface area contributed by atoms with E-state index in [1.54, 1.807) is 36.3 Å². The van der Waals surface area contributed by atoms with Crippen molar-refractivity contribution in [3.05, 3.63) is 24.3 Å². The zero-order chi connectivity index (χ0) is 16.9. The molecule has 1 aliphatic heterocycles. The van der Waals surface area contributed by atoms with Crippen molar-refractivity contribution in [2.45, 2.75) is 18.9 Å². The summed E-state index contributed by atoms with van der Waals surface area (Å²) >= 11 is 0. The molecule has 0 unspecified atom stereocenters. The van der Waals surface area contributed by atoms with Crippen molar-refractivity contribution >= 4 is 15.9 Å². The minimum Gasteiger partial charge on any atom is -0.497 e. The predicted molar refractivity (Wildman–Crippen MR) is 86.1 cm³/mol. The molecule has 1 atom stereocenters. The van der Waals surface area contributed by atoms with Crippen LogP contribution in [0.15, 0.2) is 24.3 Å². The molecular weight excluding hydrogens is 320 g/mol. The fraction of sp³-hybridized carbons (Fsp3) is 0.533. The summed E-state index contributed by atoms with van der Waals surface area (Å²) in [5, 5.41) is 0. The summed E-state index contributed by atoms with van der Waals surface area (Å²) in [6, 6.07) is 6.75. The molecule has 1 aromatic rings. The van der Waals surface area contributed by atoms with Gasteiger partial charge in [0.15, 0.2) is 6.61 Å². The highest BCUT2D eigenvalue weighted by molar-refractivity contribution is 7.88. The van der Waals surface area contributed by atoms with Crippen LogP contribution in [0.2, 0.25) is 0 Å². The van der Waals surface area contributed by atoms with Gasteiger partial charge in [0.1, 0.15) is 11.5 Å². The number of carbonyl (C=O) groups excluding carboxylic acids is 1. The number of methoxy groups -OCH3 is 1. The molecule has 8 heteroatoms. The van der Waals surface area contributed by atoms with Gasteiger partial charge in [0.2, 0.25) is 10.0 Å². The van der Waals surface area contributed by atoms with Crippen molar-refractivity contribution in [3.63, 3.8) is 0 Å². The maximum absolute atomic E-state index is 12.2. The van der Waals surface area contributed by atoms with E-state index in [1.807, 2.05) is 0 Å². The van der Waals surface area contributed by atoms with Gasteiger partial charge in [-0.25, -0.2) is 13.1 Å². The Morgan fingerprint density at radius 1 is 1.30 bits per heavy atom. The van der Waals surface area contributed by atoms with Crippen molar-refractivity contribution in [1.29, 1.82) is 0 Å². The molecule has 0 saturated carbocycles. The van der Waals surface area contributed by atoms with E-state index in [9.17, 15) is 13.2 Å². The highest BCUT2D eigenvalue weighted by atomic mass is 32.2. The number of likely N-dealkylation sites (tertiary alicyclic amines) is 1. The van der Waals surface area contributed by atoms with Gasteiger partial charge in [-0.05, 0) is 37.1 Å². The van der Waals surface area contributed by atoms with Gasteiger partial charge < -0.3 is 14.4 Å². The Bertz CT molecular complexity index is 630. The molecule has 0 bridgehead atoms. The maximum atomic E-state index is 12.2. The highest BCUT2D eigenvalue weighted by Gasteiger charge is 2.25. The third-order valence-electron chi connectivity index (χ3n) is 3.58. The fourth-order valence-corrected chi connectivity index (χ4v) is 3.31. The molecule has 1 amide bonds. The van der Waals surface area contributed by atoms with Crippen molar-refractivity contribution in [2.75, 3.05) is 33.1 Å². The van der Waals surface area contributed by atoms with Crippen LogP contribution in [0.5, 0.6) is 11.5 Å². The van der Waals surface area contributed by atoms with Gasteiger partial charge in [-0.1, -0.05) is 0 Å². The number of benzene rings is 1. The van der Waals surface area contributed by atoms with Crippen molar-refractivity contribution in [3.8, 4) is 11.5 Å². The number of hydrogen-bond donors (Lipinski definition) is 1. The normalized spacial score (nSPS) is 18.5. The van der Waals surface area contributed by atoms with E-state index in [-0.39, 0.29) is 18.6 Å². The molecule has 0 aromatic heterocycles. The second kappa shape index (κ2) is 7.65. The lowest BCUT2D eigenvalue weighted by atomic mass is 10.1. The summed E-state index contributed by atoms with van der Waals surface area (Å²) in [4.78, 5) is 13.8. The lowest BCUT2D eigenvalue weighted by Crippen LogP contribution is -2.50. The summed E-state index contributed by atoms with van der Waals surface area (Å²) in [5.74, 6) is 1.15. The third kappa shape index (κ3) is 5.72. The van der Waals surface area contributed by atoms with Crippen molar-refractivity contribution in [2.24, 2.45) is 0 Å². The zero-order valence-electron chi connectivity index (χ0n) is 13.3. The number of nitrogens with one attached hydrogen (secondary N) is 1. The molecule has 1 fully saturated rings. The summed E-state index contributed by atoms with van der Waals surface area (Å²) < 4.78 is 35.7. The van der Waals surface area contributed by atoms with Crippen LogP contribution in [0.25, 0.3) is 0 Å². The lowest BCUT2D eigenvalue weighted by molar-refractivity contribution is -0.134. The van der Waals surface area contributed by atoms with Gasteiger partial charge >= 0.3 is 0 Å². The largest absolute Gasteiger partial charge is 0.497 e. The first-order valence-corrected chi connectivity index (χ1v) is 9.28. The average Bonchev–Trinajstić information content (AvgIpc) is 2.51. The van der Waals surface area contributed by atoms with E-state index < -0.39 is 10.0 Å². The van der Waals surface area contributed by atoms with Crippen LogP contribution in [-0.4, -0.2) is 58.3 Å². The van der Waals surface area contributed by atoms with Crippen LogP contribution >= 0.6 is 0 Å². The molecule has 1 heterocycles. The summed E-state index contributed by atoms with van der Waals surface area (Å²) in [7, 11) is -1.69. The first-order chi connectivity index (χ1) is 10.9. The number of piperidine rings is 1. The number of hydrogen-bond acceptors (Lipinski definition) is 5. The first-order valence-electron chi connectivity index (χ1n) is 7.39. The number of carbonyl (C=O) groups is 1. The van der Waals surface area contributed by atoms with Crippen molar-refractivity contribution < 1.29 is 22.7 Å². The monoisotopic (exact) mass is 342 g/mol. The van der Waals surface area contributed by atoms with Crippen LogP contribution in [0.1, 0.15) is 12.8 Å². The number of rotatable bonds is 6. The second-order valence-electron chi connectivity index (χ2n) is 5.53. The number of sulfonamides is 1. The highest BCUT2D eigenvalue weighted by Crippen LogP contribution is 2.17. The lowest BCUT2D eigenvalue weighted by Gasteiger charge is -2.32. The molecule has 2 rings (SSSR count). The van der Waals surface area contributed by atoms with Gasteiger partial charge in [0.25, 0.3) is 5.91 Å². The van der Waals surface area contributed by atoms with Gasteiger partial charge in [-0.2, -0.15) is 0 Å². The van der Waals surface area contributed by atoms with Crippen LogP contribution in [-0.2, 0) is 14.8 Å². The van der Waals surface area contributed by atoms with Gasteiger partial charge in [-0.3, -0.25) is 4.79 Å². The molecule has 23 heavy (non-hydrogen) atoms. The Hall–Kier alpha value is -1.80. The third-order valence-corrected chi connectivity index (χ3v) is 4.34. The van der Waals surface area contributed by atoms with E-state index in [2.05, 4.69) is 4.72 Å². The topological polar surface area (TPSA) is 84.9 Å². The predicted octanol–water partition coefficient (Wildman–Crippen LogP) is 0.614. The summed E-state index contributed by atoms with van der Waals surface area (Å²) in [6.45, 7) is 0.919. The second-order valence-corrected chi connectivity index (χ2v) is 7.31. The van der Waals surface area contributed by atoms with E-state index >= 15 is 0 Å². The molecular formula is C15H22N2O5S. The minimum absolute atomic E-state index is 0.0715. The van der Waals surface area contributed by atoms with E-state index in [1.165, 1.54) is 0 Å². The Balaban J connectivity index is 1.84. The van der Waals surface area contributed by atoms with Crippen molar-refractivity contribution in [1.82, 2.24) is 9.62 Å². The molecule has 0 spiro atoms. The Morgan fingerprint density at radius 3 is 2.57 bits per heavy atom. The molecule has 1 aromatic carbocycles. The van der Waals surface area contributed by atoms with Crippen LogP contribution in [0, 0.1) is 0 Å². The molecule has 7 nitrogen and oxygen atoms in total. The molecule has 1 saturated heterocycles. The molecule has 1 aliphatic rings. The standard InChI is InChI=1S/C15H22N2O5S/c1-21-13-5-7-14(8-6-13)22-11-15(18)17-9-3-4-12(10-17)16-23(2,19)20/h5-8,12,16H,3-4,9-11H2,1-2H3/t12-/m0/s1. The summed E-state index contributed by atoms with van der Waals surface area (Å²) in [6.07, 6.45) is 2.62. The van der Waals surface area contributed by atoms with E-state index in [4.69, 9.17) is 9.47 Å². The fourth-order valence-electron chi connectivity index (χ4n) is 2.51. The molecule has 128 valence electrons. The van der Waals surface area contributed by atoms with Crippen LogP contribution in [0.4, 0.5) is 0 Å².